The lowest BCUT2D eigenvalue weighted by molar-refractivity contribution is -0.117. The van der Waals surface area contributed by atoms with E-state index in [0.717, 1.165) is 5.82 Å². The smallest absolute Gasteiger partial charge is 0.321 e. The second-order valence-electron chi connectivity index (χ2n) is 3.97. The molecule has 18 heavy (non-hydrogen) atoms. The van der Waals surface area contributed by atoms with E-state index in [4.69, 9.17) is 0 Å². The van der Waals surface area contributed by atoms with E-state index >= 15 is 0 Å². The molecular formula is C10H17N5O2S. The van der Waals surface area contributed by atoms with Crippen molar-refractivity contribution in [3.05, 3.63) is 5.82 Å². The maximum Gasteiger partial charge on any atom is 0.321 e. The average Bonchev–Trinajstić information content (AvgIpc) is 2.68. The van der Waals surface area contributed by atoms with E-state index in [1.54, 1.807) is 0 Å². The molecule has 0 aliphatic carbocycles. The van der Waals surface area contributed by atoms with Crippen LogP contribution in [0.3, 0.4) is 0 Å². The van der Waals surface area contributed by atoms with Gasteiger partial charge in [0.05, 0.1) is 5.75 Å². The Bertz CT molecular complexity index is 443. The van der Waals surface area contributed by atoms with E-state index in [1.807, 2.05) is 25.5 Å². The molecule has 0 spiro atoms. The number of amides is 3. The van der Waals surface area contributed by atoms with Gasteiger partial charge in [-0.3, -0.25) is 10.1 Å². The second-order valence-corrected chi connectivity index (χ2v) is 4.91. The summed E-state index contributed by atoms with van der Waals surface area (Å²) in [6, 6.07) is -0.513. The van der Waals surface area contributed by atoms with Crippen LogP contribution in [0.5, 0.6) is 0 Å². The van der Waals surface area contributed by atoms with Crippen LogP contribution < -0.4 is 10.6 Å². The highest BCUT2D eigenvalue weighted by atomic mass is 32.2. The summed E-state index contributed by atoms with van der Waals surface area (Å²) < 4.78 is 1.85. The maximum absolute atomic E-state index is 11.4. The highest BCUT2D eigenvalue weighted by Crippen LogP contribution is 2.19. The number of hydrogen-bond donors (Lipinski definition) is 2. The van der Waals surface area contributed by atoms with Crippen molar-refractivity contribution in [2.45, 2.75) is 24.9 Å². The lowest BCUT2D eigenvalue weighted by Gasteiger charge is -2.05. The van der Waals surface area contributed by atoms with Gasteiger partial charge in [0, 0.05) is 20.0 Å². The summed E-state index contributed by atoms with van der Waals surface area (Å²) in [5.74, 6) is 0.895. The molecule has 0 fully saturated rings. The molecule has 0 saturated carbocycles. The molecule has 1 aromatic rings. The quantitative estimate of drug-likeness (QED) is 0.778. The van der Waals surface area contributed by atoms with E-state index in [-0.39, 0.29) is 17.6 Å². The third-order valence-electron chi connectivity index (χ3n) is 2.20. The monoisotopic (exact) mass is 271 g/mol. The number of thioether (sulfide) groups is 1. The van der Waals surface area contributed by atoms with Gasteiger partial charge in [0.15, 0.2) is 5.16 Å². The highest BCUT2D eigenvalue weighted by Gasteiger charge is 2.14. The number of rotatable bonds is 4. The standard InChI is InChI=1S/C10H17N5O2S/c1-6(2)8-13-14-10(15(8)4)18-5-7(16)12-9(17)11-3/h6H,5H2,1-4H3,(H2,11,12,16,17). The number of urea groups is 1. The van der Waals surface area contributed by atoms with Crippen molar-refractivity contribution in [1.29, 1.82) is 0 Å². The Labute approximate surface area is 110 Å². The zero-order chi connectivity index (χ0) is 13.7. The molecule has 8 heteroatoms. The summed E-state index contributed by atoms with van der Waals surface area (Å²) in [7, 11) is 3.31. The minimum absolute atomic E-state index is 0.123. The number of aromatic nitrogens is 3. The Morgan fingerprint density at radius 1 is 1.39 bits per heavy atom. The molecule has 0 atom stereocenters. The molecule has 1 heterocycles. The van der Waals surface area contributed by atoms with E-state index < -0.39 is 6.03 Å². The molecule has 0 unspecified atom stereocenters. The molecule has 1 aromatic heterocycles. The first-order valence-corrected chi connectivity index (χ1v) is 6.48. The summed E-state index contributed by atoms with van der Waals surface area (Å²) in [4.78, 5) is 22.3. The summed E-state index contributed by atoms with van der Waals surface area (Å²) in [5.41, 5.74) is 0. The van der Waals surface area contributed by atoms with E-state index in [9.17, 15) is 9.59 Å². The fourth-order valence-electron chi connectivity index (χ4n) is 1.31. The van der Waals surface area contributed by atoms with Gasteiger partial charge in [-0.2, -0.15) is 0 Å². The van der Waals surface area contributed by atoms with Crippen LogP contribution in [0.1, 0.15) is 25.6 Å². The molecule has 3 amide bonds. The van der Waals surface area contributed by atoms with Gasteiger partial charge in [-0.15, -0.1) is 10.2 Å². The number of carbonyl (C=O) groups excluding carboxylic acids is 2. The third-order valence-corrected chi connectivity index (χ3v) is 3.22. The molecule has 7 nitrogen and oxygen atoms in total. The van der Waals surface area contributed by atoms with Gasteiger partial charge >= 0.3 is 6.03 Å². The second kappa shape index (κ2) is 6.39. The molecule has 100 valence electrons. The van der Waals surface area contributed by atoms with Crippen LogP contribution in [0, 0.1) is 0 Å². The Kier molecular flexibility index (Phi) is 5.14. The fraction of sp³-hybridized carbons (Fsp3) is 0.600. The molecule has 0 bridgehead atoms. The van der Waals surface area contributed by atoms with Gasteiger partial charge in [-0.1, -0.05) is 25.6 Å². The van der Waals surface area contributed by atoms with Crippen molar-refractivity contribution in [1.82, 2.24) is 25.4 Å². The van der Waals surface area contributed by atoms with Gasteiger partial charge < -0.3 is 9.88 Å². The number of imide groups is 1. The zero-order valence-electron chi connectivity index (χ0n) is 10.9. The zero-order valence-corrected chi connectivity index (χ0v) is 11.7. The molecule has 2 N–H and O–H groups in total. The first-order valence-electron chi connectivity index (χ1n) is 5.49. The summed E-state index contributed by atoms with van der Waals surface area (Å²) in [6.07, 6.45) is 0. The van der Waals surface area contributed by atoms with Crippen molar-refractivity contribution in [2.24, 2.45) is 7.05 Å². The fourth-order valence-corrected chi connectivity index (χ4v) is 2.03. The molecule has 1 rings (SSSR count). The van der Waals surface area contributed by atoms with Crippen LogP contribution in [0.4, 0.5) is 4.79 Å². The molecule has 0 aliphatic rings. The van der Waals surface area contributed by atoms with Gasteiger partial charge in [0.1, 0.15) is 5.82 Å². The van der Waals surface area contributed by atoms with Crippen LogP contribution in [-0.2, 0) is 11.8 Å². The lowest BCUT2D eigenvalue weighted by atomic mass is 10.2. The predicted molar refractivity (Wildman–Crippen MR) is 68.4 cm³/mol. The Morgan fingerprint density at radius 3 is 2.56 bits per heavy atom. The van der Waals surface area contributed by atoms with Gasteiger partial charge in [-0.25, -0.2) is 4.79 Å². The number of carbonyl (C=O) groups is 2. The van der Waals surface area contributed by atoms with Gasteiger partial charge in [0.2, 0.25) is 5.91 Å². The van der Waals surface area contributed by atoms with Crippen LogP contribution in [-0.4, -0.2) is 39.5 Å². The first-order chi connectivity index (χ1) is 8.45. The predicted octanol–water partition coefficient (Wildman–Crippen LogP) is 0.486. The van der Waals surface area contributed by atoms with E-state index in [2.05, 4.69) is 20.8 Å². The van der Waals surface area contributed by atoms with Crippen LogP contribution in [0.15, 0.2) is 5.16 Å². The molecule has 0 aliphatic heterocycles. The van der Waals surface area contributed by atoms with Crippen molar-refractivity contribution >= 4 is 23.7 Å². The maximum atomic E-state index is 11.4. The van der Waals surface area contributed by atoms with Gasteiger partial charge in [-0.05, 0) is 0 Å². The molecule has 0 saturated heterocycles. The van der Waals surface area contributed by atoms with Gasteiger partial charge in [0.25, 0.3) is 0 Å². The third kappa shape index (κ3) is 3.73. The van der Waals surface area contributed by atoms with Crippen molar-refractivity contribution in [2.75, 3.05) is 12.8 Å². The van der Waals surface area contributed by atoms with Crippen molar-refractivity contribution in [3.8, 4) is 0 Å². The van der Waals surface area contributed by atoms with Crippen molar-refractivity contribution in [3.63, 3.8) is 0 Å². The number of hydrogen-bond acceptors (Lipinski definition) is 5. The van der Waals surface area contributed by atoms with Crippen LogP contribution >= 0.6 is 11.8 Å². The van der Waals surface area contributed by atoms with E-state index in [0.29, 0.717) is 5.16 Å². The number of nitrogens with zero attached hydrogens (tertiary/aromatic N) is 3. The lowest BCUT2D eigenvalue weighted by Crippen LogP contribution is -2.38. The summed E-state index contributed by atoms with van der Waals surface area (Å²) in [6.45, 7) is 4.05. The molecular weight excluding hydrogens is 254 g/mol. The van der Waals surface area contributed by atoms with E-state index in [1.165, 1.54) is 18.8 Å². The summed E-state index contributed by atoms with van der Waals surface area (Å²) in [5, 5.41) is 13.2. The Balaban J connectivity index is 2.54. The van der Waals surface area contributed by atoms with Crippen LogP contribution in [0.25, 0.3) is 0 Å². The first kappa shape index (κ1) is 14.5. The highest BCUT2D eigenvalue weighted by molar-refractivity contribution is 7.99. The average molecular weight is 271 g/mol. The molecule has 0 radical (unpaired) electrons. The normalized spacial score (nSPS) is 10.5. The largest absolute Gasteiger partial charge is 0.341 e. The summed E-state index contributed by atoms with van der Waals surface area (Å²) >= 11 is 1.24. The van der Waals surface area contributed by atoms with Crippen molar-refractivity contribution < 1.29 is 9.59 Å². The molecule has 0 aromatic carbocycles. The van der Waals surface area contributed by atoms with Crippen LogP contribution in [0.2, 0.25) is 0 Å². The number of nitrogens with one attached hydrogen (secondary N) is 2. The Hall–Kier alpha value is -1.57. The minimum Gasteiger partial charge on any atom is -0.341 e. The minimum atomic E-state index is -0.513. The topological polar surface area (TPSA) is 88.9 Å². The SMILES string of the molecule is CNC(=O)NC(=O)CSc1nnc(C(C)C)n1C. The Morgan fingerprint density at radius 2 is 2.06 bits per heavy atom.